The van der Waals surface area contributed by atoms with E-state index in [1.807, 2.05) is 19.2 Å². The Balaban J connectivity index is 2.15. The third-order valence-electron chi connectivity index (χ3n) is 3.74. The molecule has 1 fully saturated rings. The number of aromatic nitrogens is 2. The van der Waals surface area contributed by atoms with Crippen molar-refractivity contribution in [2.24, 2.45) is 17.7 Å². The van der Waals surface area contributed by atoms with E-state index in [1.165, 1.54) is 25.7 Å². The number of hydrazine groups is 1. The number of rotatable bonds is 3. The second-order valence-electron chi connectivity index (χ2n) is 5.20. The zero-order valence-corrected chi connectivity index (χ0v) is 10.7. The second-order valence-corrected chi connectivity index (χ2v) is 5.20. The Hall–Kier alpha value is -1.00. The number of hydrogen-bond donors (Lipinski definition) is 2. The van der Waals surface area contributed by atoms with Gasteiger partial charge < -0.3 is 0 Å². The highest BCUT2D eigenvalue weighted by molar-refractivity contribution is 5.09. The van der Waals surface area contributed by atoms with E-state index < -0.39 is 0 Å². The lowest BCUT2D eigenvalue weighted by molar-refractivity contribution is 0.221. The Kier molecular flexibility index (Phi) is 4.07. The van der Waals surface area contributed by atoms with E-state index in [4.69, 9.17) is 5.84 Å². The molecule has 3 atom stereocenters. The van der Waals surface area contributed by atoms with Crippen LogP contribution in [-0.4, -0.2) is 9.97 Å². The Morgan fingerprint density at radius 1 is 1.47 bits per heavy atom. The van der Waals surface area contributed by atoms with Crippen molar-refractivity contribution in [2.45, 2.75) is 45.6 Å². The third-order valence-corrected chi connectivity index (χ3v) is 3.74. The Morgan fingerprint density at radius 3 is 2.94 bits per heavy atom. The molecule has 1 heterocycles. The van der Waals surface area contributed by atoms with Crippen LogP contribution in [0.4, 0.5) is 0 Å². The number of nitrogens with zero attached hydrogens (tertiary/aromatic N) is 2. The standard InChI is InChI=1S/C13H22N4/c1-9-4-3-5-11(8-9)13(17-14)12-6-7-15-10(2)16-12/h6-7,9,11,13,17H,3-5,8,14H2,1-2H3. The minimum atomic E-state index is 0.166. The quantitative estimate of drug-likeness (QED) is 0.621. The van der Waals surface area contributed by atoms with Crippen LogP contribution in [-0.2, 0) is 0 Å². The summed E-state index contributed by atoms with van der Waals surface area (Å²) in [4.78, 5) is 8.63. The topological polar surface area (TPSA) is 63.8 Å². The van der Waals surface area contributed by atoms with Gasteiger partial charge in [-0.2, -0.15) is 0 Å². The molecule has 0 amide bonds. The van der Waals surface area contributed by atoms with Gasteiger partial charge in [-0.25, -0.2) is 9.97 Å². The summed E-state index contributed by atoms with van der Waals surface area (Å²) in [5.74, 6) is 7.93. The molecule has 0 bridgehead atoms. The first-order chi connectivity index (χ1) is 8.20. The Labute approximate surface area is 103 Å². The zero-order chi connectivity index (χ0) is 12.3. The molecule has 0 aromatic carbocycles. The van der Waals surface area contributed by atoms with E-state index in [9.17, 15) is 0 Å². The predicted molar refractivity (Wildman–Crippen MR) is 68.0 cm³/mol. The highest BCUT2D eigenvalue weighted by Crippen LogP contribution is 2.36. The minimum Gasteiger partial charge on any atom is -0.271 e. The van der Waals surface area contributed by atoms with Gasteiger partial charge in [-0.1, -0.05) is 19.8 Å². The zero-order valence-electron chi connectivity index (χ0n) is 10.7. The first kappa shape index (κ1) is 12.5. The van der Waals surface area contributed by atoms with Crippen LogP contribution in [0.2, 0.25) is 0 Å². The van der Waals surface area contributed by atoms with Gasteiger partial charge in [-0.3, -0.25) is 11.3 Å². The molecule has 4 nitrogen and oxygen atoms in total. The van der Waals surface area contributed by atoms with Crippen LogP contribution in [0.3, 0.4) is 0 Å². The van der Waals surface area contributed by atoms with E-state index in [1.54, 1.807) is 0 Å². The number of nitrogens with two attached hydrogens (primary N) is 1. The fourth-order valence-corrected chi connectivity index (χ4v) is 2.89. The highest BCUT2D eigenvalue weighted by Gasteiger charge is 2.27. The van der Waals surface area contributed by atoms with Crippen LogP contribution >= 0.6 is 0 Å². The lowest BCUT2D eigenvalue weighted by atomic mass is 9.78. The fraction of sp³-hybridized carbons (Fsp3) is 0.692. The van der Waals surface area contributed by atoms with Gasteiger partial charge in [-0.15, -0.1) is 0 Å². The molecule has 1 aromatic heterocycles. The summed E-state index contributed by atoms with van der Waals surface area (Å²) in [5, 5.41) is 0. The monoisotopic (exact) mass is 234 g/mol. The summed E-state index contributed by atoms with van der Waals surface area (Å²) in [5.41, 5.74) is 3.97. The van der Waals surface area contributed by atoms with Crippen LogP contribution < -0.4 is 11.3 Å². The molecule has 0 aliphatic heterocycles. The van der Waals surface area contributed by atoms with E-state index >= 15 is 0 Å². The Morgan fingerprint density at radius 2 is 2.29 bits per heavy atom. The fourth-order valence-electron chi connectivity index (χ4n) is 2.89. The van der Waals surface area contributed by atoms with Gasteiger partial charge in [0.25, 0.3) is 0 Å². The molecular formula is C13H22N4. The van der Waals surface area contributed by atoms with Crippen molar-refractivity contribution in [3.63, 3.8) is 0 Å². The van der Waals surface area contributed by atoms with E-state index in [0.29, 0.717) is 5.92 Å². The van der Waals surface area contributed by atoms with Crippen LogP contribution in [0.1, 0.15) is 50.2 Å². The van der Waals surface area contributed by atoms with Crippen LogP contribution in [0.5, 0.6) is 0 Å². The minimum absolute atomic E-state index is 0.166. The number of hydrogen-bond acceptors (Lipinski definition) is 4. The van der Waals surface area contributed by atoms with Gasteiger partial charge in [0.2, 0.25) is 0 Å². The van der Waals surface area contributed by atoms with E-state index in [0.717, 1.165) is 17.4 Å². The maximum absolute atomic E-state index is 5.72. The summed E-state index contributed by atoms with van der Waals surface area (Å²) in [6.45, 7) is 4.24. The van der Waals surface area contributed by atoms with Gasteiger partial charge in [0.1, 0.15) is 5.82 Å². The largest absolute Gasteiger partial charge is 0.271 e. The molecule has 4 heteroatoms. The first-order valence-electron chi connectivity index (χ1n) is 6.46. The molecule has 17 heavy (non-hydrogen) atoms. The van der Waals surface area contributed by atoms with Gasteiger partial charge in [0, 0.05) is 6.20 Å². The molecule has 0 radical (unpaired) electrons. The van der Waals surface area contributed by atoms with Gasteiger partial charge in [-0.05, 0) is 37.7 Å². The lowest BCUT2D eigenvalue weighted by Crippen LogP contribution is -2.36. The molecule has 1 aliphatic rings. The van der Waals surface area contributed by atoms with Crippen molar-refractivity contribution in [1.29, 1.82) is 0 Å². The van der Waals surface area contributed by atoms with Crippen molar-refractivity contribution >= 4 is 0 Å². The van der Waals surface area contributed by atoms with Crippen molar-refractivity contribution in [2.75, 3.05) is 0 Å². The van der Waals surface area contributed by atoms with Gasteiger partial charge >= 0.3 is 0 Å². The molecule has 94 valence electrons. The van der Waals surface area contributed by atoms with Crippen molar-refractivity contribution in [3.05, 3.63) is 23.8 Å². The van der Waals surface area contributed by atoms with Crippen molar-refractivity contribution in [1.82, 2.24) is 15.4 Å². The summed E-state index contributed by atoms with van der Waals surface area (Å²) in [7, 11) is 0. The van der Waals surface area contributed by atoms with Gasteiger partial charge in [0.05, 0.1) is 11.7 Å². The molecule has 1 saturated carbocycles. The maximum Gasteiger partial charge on any atom is 0.125 e. The second kappa shape index (κ2) is 5.56. The summed E-state index contributed by atoms with van der Waals surface area (Å²) in [6, 6.07) is 2.14. The summed E-state index contributed by atoms with van der Waals surface area (Å²) in [6.07, 6.45) is 6.93. The molecule has 2 rings (SSSR count). The van der Waals surface area contributed by atoms with Crippen molar-refractivity contribution in [3.8, 4) is 0 Å². The van der Waals surface area contributed by atoms with E-state index in [-0.39, 0.29) is 6.04 Å². The molecule has 3 unspecified atom stereocenters. The van der Waals surface area contributed by atoms with Crippen LogP contribution in [0.25, 0.3) is 0 Å². The average molecular weight is 234 g/mol. The van der Waals surface area contributed by atoms with Crippen LogP contribution in [0, 0.1) is 18.8 Å². The molecule has 0 spiro atoms. The predicted octanol–water partition coefficient (Wildman–Crippen LogP) is 2.12. The molecule has 3 N–H and O–H groups in total. The normalized spacial score (nSPS) is 26.8. The molecule has 1 aliphatic carbocycles. The summed E-state index contributed by atoms with van der Waals surface area (Å²) < 4.78 is 0. The lowest BCUT2D eigenvalue weighted by Gasteiger charge is -2.32. The molecule has 1 aromatic rings. The van der Waals surface area contributed by atoms with Gasteiger partial charge in [0.15, 0.2) is 0 Å². The number of nitrogens with one attached hydrogen (secondary N) is 1. The van der Waals surface area contributed by atoms with E-state index in [2.05, 4.69) is 22.3 Å². The summed E-state index contributed by atoms with van der Waals surface area (Å²) >= 11 is 0. The highest BCUT2D eigenvalue weighted by atomic mass is 15.2. The smallest absolute Gasteiger partial charge is 0.125 e. The molecular weight excluding hydrogens is 212 g/mol. The Bertz CT molecular complexity index is 366. The van der Waals surface area contributed by atoms with Crippen molar-refractivity contribution < 1.29 is 0 Å². The number of aryl methyl sites for hydroxylation is 1. The van der Waals surface area contributed by atoms with Crippen LogP contribution in [0.15, 0.2) is 12.3 Å². The SMILES string of the molecule is Cc1nccc(C(NN)C2CCCC(C)C2)n1. The third kappa shape index (κ3) is 3.01. The average Bonchev–Trinajstić information content (AvgIpc) is 2.30. The first-order valence-corrected chi connectivity index (χ1v) is 6.46. The molecule has 0 saturated heterocycles. The maximum atomic E-state index is 5.72.